The maximum absolute atomic E-state index is 11.8. The van der Waals surface area contributed by atoms with E-state index in [1.54, 1.807) is 0 Å². The molecular formula is C18H22N2O2. The van der Waals surface area contributed by atoms with Crippen LogP contribution in [0.25, 0.3) is 0 Å². The molecule has 0 bridgehead atoms. The van der Waals surface area contributed by atoms with Crippen molar-refractivity contribution >= 4 is 11.7 Å². The van der Waals surface area contributed by atoms with Crippen molar-refractivity contribution in [1.82, 2.24) is 5.32 Å². The molecule has 0 spiro atoms. The Bertz CT molecular complexity index is 636. The van der Waals surface area contributed by atoms with Gasteiger partial charge in [-0.3, -0.25) is 0 Å². The van der Waals surface area contributed by atoms with Gasteiger partial charge < -0.3 is 15.0 Å². The summed E-state index contributed by atoms with van der Waals surface area (Å²) in [5.74, 6) is -0.239. The SMILES string of the molecule is CN(C)c1ccc(C2OC(=O)c3ccccc32)cc1.CNC. The van der Waals surface area contributed by atoms with Gasteiger partial charge in [0.2, 0.25) is 0 Å². The Kier molecular flexibility index (Phi) is 5.17. The number of hydrogen-bond acceptors (Lipinski definition) is 4. The number of carbonyl (C=O) groups excluding carboxylic acids is 1. The number of benzene rings is 2. The first kappa shape index (κ1) is 16.0. The van der Waals surface area contributed by atoms with Crippen LogP contribution in [-0.2, 0) is 4.74 Å². The van der Waals surface area contributed by atoms with E-state index in [1.807, 2.05) is 81.6 Å². The topological polar surface area (TPSA) is 41.6 Å². The first-order valence-electron chi connectivity index (χ1n) is 7.24. The van der Waals surface area contributed by atoms with Gasteiger partial charge in [-0.05, 0) is 37.9 Å². The molecule has 0 saturated carbocycles. The van der Waals surface area contributed by atoms with E-state index in [9.17, 15) is 4.79 Å². The molecule has 2 aromatic rings. The number of nitrogens with zero attached hydrogens (tertiary/aromatic N) is 1. The summed E-state index contributed by atoms with van der Waals surface area (Å²) in [6.45, 7) is 0. The third kappa shape index (κ3) is 3.28. The number of nitrogens with one attached hydrogen (secondary N) is 1. The molecule has 4 nitrogen and oxygen atoms in total. The molecular weight excluding hydrogens is 276 g/mol. The van der Waals surface area contributed by atoms with E-state index < -0.39 is 0 Å². The molecule has 0 saturated heterocycles. The van der Waals surface area contributed by atoms with Gasteiger partial charge in [-0.15, -0.1) is 0 Å². The molecule has 0 amide bonds. The summed E-state index contributed by atoms with van der Waals surface area (Å²) in [5, 5.41) is 2.75. The molecule has 1 heterocycles. The molecule has 0 aliphatic carbocycles. The average Bonchev–Trinajstić information content (AvgIpc) is 2.86. The first-order valence-corrected chi connectivity index (χ1v) is 7.24. The minimum Gasteiger partial charge on any atom is -0.449 e. The van der Waals surface area contributed by atoms with E-state index in [1.165, 1.54) is 0 Å². The third-order valence-corrected chi connectivity index (χ3v) is 3.40. The zero-order valence-electron chi connectivity index (χ0n) is 13.5. The van der Waals surface area contributed by atoms with Crippen molar-refractivity contribution in [3.05, 3.63) is 65.2 Å². The Morgan fingerprint density at radius 3 is 2.18 bits per heavy atom. The number of esters is 1. The van der Waals surface area contributed by atoms with Crippen LogP contribution in [0.3, 0.4) is 0 Å². The normalized spacial score (nSPS) is 15.5. The number of anilines is 1. The second kappa shape index (κ2) is 7.09. The minimum absolute atomic E-state index is 0.239. The van der Waals surface area contributed by atoms with Gasteiger partial charge in [0.15, 0.2) is 6.10 Å². The van der Waals surface area contributed by atoms with Crippen molar-refractivity contribution in [2.24, 2.45) is 0 Å². The highest BCUT2D eigenvalue weighted by molar-refractivity contribution is 5.94. The molecule has 1 aliphatic heterocycles. The van der Waals surface area contributed by atoms with Gasteiger partial charge in [-0.2, -0.15) is 0 Å². The molecule has 3 rings (SSSR count). The largest absolute Gasteiger partial charge is 0.449 e. The van der Waals surface area contributed by atoms with Gasteiger partial charge in [0.1, 0.15) is 0 Å². The van der Waals surface area contributed by atoms with Crippen molar-refractivity contribution in [1.29, 1.82) is 0 Å². The van der Waals surface area contributed by atoms with Crippen molar-refractivity contribution in [3.8, 4) is 0 Å². The van der Waals surface area contributed by atoms with Crippen LogP contribution in [-0.4, -0.2) is 34.2 Å². The van der Waals surface area contributed by atoms with E-state index in [-0.39, 0.29) is 12.1 Å². The summed E-state index contributed by atoms with van der Waals surface area (Å²) in [7, 11) is 7.75. The van der Waals surface area contributed by atoms with Crippen LogP contribution in [0.5, 0.6) is 0 Å². The molecule has 22 heavy (non-hydrogen) atoms. The van der Waals surface area contributed by atoms with Crippen molar-refractivity contribution in [2.45, 2.75) is 6.10 Å². The van der Waals surface area contributed by atoms with Crippen LogP contribution in [0.15, 0.2) is 48.5 Å². The summed E-state index contributed by atoms with van der Waals surface area (Å²) in [6.07, 6.45) is -0.278. The van der Waals surface area contributed by atoms with Crippen LogP contribution in [0.4, 0.5) is 5.69 Å². The molecule has 0 fully saturated rings. The molecule has 2 aromatic carbocycles. The standard InChI is InChI=1S/C16H15NO2.C2H7N/c1-17(2)12-9-7-11(8-10-12)15-13-5-3-4-6-14(13)16(18)19-15;1-3-2/h3-10,15H,1-2H3;3H,1-2H3. The van der Waals surface area contributed by atoms with E-state index in [2.05, 4.69) is 5.32 Å². The lowest BCUT2D eigenvalue weighted by Crippen LogP contribution is -2.08. The summed E-state index contributed by atoms with van der Waals surface area (Å²) >= 11 is 0. The lowest BCUT2D eigenvalue weighted by atomic mass is 9.99. The third-order valence-electron chi connectivity index (χ3n) is 3.40. The monoisotopic (exact) mass is 298 g/mol. The number of carbonyl (C=O) groups is 1. The second-order valence-corrected chi connectivity index (χ2v) is 5.36. The van der Waals surface area contributed by atoms with Crippen LogP contribution < -0.4 is 10.2 Å². The maximum Gasteiger partial charge on any atom is 0.339 e. The quantitative estimate of drug-likeness (QED) is 0.866. The van der Waals surface area contributed by atoms with Crippen molar-refractivity contribution in [2.75, 3.05) is 33.1 Å². The molecule has 0 radical (unpaired) electrons. The lowest BCUT2D eigenvalue weighted by Gasteiger charge is -2.15. The fourth-order valence-electron chi connectivity index (χ4n) is 2.34. The molecule has 1 N–H and O–H groups in total. The molecule has 1 aliphatic rings. The summed E-state index contributed by atoms with van der Waals surface area (Å²) in [4.78, 5) is 13.8. The van der Waals surface area contributed by atoms with Gasteiger partial charge in [0.05, 0.1) is 5.56 Å². The van der Waals surface area contributed by atoms with Gasteiger partial charge in [0.25, 0.3) is 0 Å². The Balaban J connectivity index is 0.000000545. The van der Waals surface area contributed by atoms with Crippen LogP contribution in [0.2, 0.25) is 0 Å². The van der Waals surface area contributed by atoms with Crippen LogP contribution in [0, 0.1) is 0 Å². The molecule has 4 heteroatoms. The Morgan fingerprint density at radius 2 is 1.59 bits per heavy atom. The highest BCUT2D eigenvalue weighted by Gasteiger charge is 2.31. The predicted molar refractivity (Wildman–Crippen MR) is 89.5 cm³/mol. The minimum atomic E-state index is -0.278. The summed E-state index contributed by atoms with van der Waals surface area (Å²) < 4.78 is 5.47. The number of fused-ring (bicyclic) bond motifs is 1. The summed E-state index contributed by atoms with van der Waals surface area (Å²) in [5.41, 5.74) is 3.75. The highest BCUT2D eigenvalue weighted by Crippen LogP contribution is 2.35. The fraction of sp³-hybridized carbons (Fsp3) is 0.278. The van der Waals surface area contributed by atoms with Crippen LogP contribution >= 0.6 is 0 Å². The van der Waals surface area contributed by atoms with Crippen molar-refractivity contribution in [3.63, 3.8) is 0 Å². The maximum atomic E-state index is 11.8. The average molecular weight is 298 g/mol. The lowest BCUT2D eigenvalue weighted by molar-refractivity contribution is 0.0456. The van der Waals surface area contributed by atoms with E-state index >= 15 is 0 Å². The van der Waals surface area contributed by atoms with Gasteiger partial charge in [-0.1, -0.05) is 30.3 Å². The van der Waals surface area contributed by atoms with E-state index in [0.29, 0.717) is 5.56 Å². The number of cyclic esters (lactones) is 1. The molecule has 0 aromatic heterocycles. The van der Waals surface area contributed by atoms with Gasteiger partial charge >= 0.3 is 5.97 Å². The zero-order chi connectivity index (χ0) is 16.1. The molecule has 1 atom stereocenters. The Hall–Kier alpha value is -2.33. The number of ether oxygens (including phenoxy) is 1. The predicted octanol–water partition coefficient (Wildman–Crippen LogP) is 2.85. The molecule has 116 valence electrons. The Labute approximate surface area is 131 Å². The van der Waals surface area contributed by atoms with E-state index in [0.717, 1.165) is 16.8 Å². The van der Waals surface area contributed by atoms with Crippen LogP contribution in [0.1, 0.15) is 27.6 Å². The smallest absolute Gasteiger partial charge is 0.339 e. The van der Waals surface area contributed by atoms with E-state index in [4.69, 9.17) is 4.74 Å². The zero-order valence-corrected chi connectivity index (χ0v) is 13.5. The Morgan fingerprint density at radius 1 is 1.00 bits per heavy atom. The number of hydrogen-bond donors (Lipinski definition) is 1. The van der Waals surface area contributed by atoms with Gasteiger partial charge in [-0.25, -0.2) is 4.79 Å². The second-order valence-electron chi connectivity index (χ2n) is 5.36. The first-order chi connectivity index (χ1) is 10.6. The van der Waals surface area contributed by atoms with Crippen molar-refractivity contribution < 1.29 is 9.53 Å². The number of rotatable bonds is 2. The highest BCUT2D eigenvalue weighted by atomic mass is 16.5. The fourth-order valence-corrected chi connectivity index (χ4v) is 2.34. The molecule has 1 unspecified atom stereocenters. The van der Waals surface area contributed by atoms with Gasteiger partial charge in [0, 0.05) is 25.3 Å². The summed E-state index contributed by atoms with van der Waals surface area (Å²) in [6, 6.07) is 15.6.